The number of sulfonamides is 1. The van der Waals surface area contributed by atoms with Crippen molar-refractivity contribution >= 4 is 21.6 Å². The number of fused-ring (bicyclic) bond motifs is 1. The maximum atomic E-state index is 12.7. The summed E-state index contributed by atoms with van der Waals surface area (Å²) in [6.45, 7) is 2.75. The Labute approximate surface area is 132 Å². The molecule has 124 valence electrons. The van der Waals surface area contributed by atoms with Gasteiger partial charge in [-0.25, -0.2) is 17.2 Å². The van der Waals surface area contributed by atoms with Gasteiger partial charge in [-0.05, 0) is 13.8 Å². The monoisotopic (exact) mass is 355 g/mol. The zero-order valence-corrected chi connectivity index (χ0v) is 13.6. The molecule has 1 heterocycles. The summed E-state index contributed by atoms with van der Waals surface area (Å²) < 4.78 is 62.0. The highest BCUT2D eigenvalue weighted by atomic mass is 35.5. The molecule has 1 aromatic rings. The van der Waals surface area contributed by atoms with E-state index >= 15 is 0 Å². The standard InChI is InChI=1S/C13H16ClF2NO4S/c1-8(2)17(7-13(15)16)22(18,19)12-6-11-10(5-9(12)14)20-3-4-21-11/h5-6,8,13H,3-4,7H2,1-2H3. The number of halogens is 3. The van der Waals surface area contributed by atoms with Gasteiger partial charge in [0, 0.05) is 18.2 Å². The Balaban J connectivity index is 2.48. The SMILES string of the molecule is CC(C)N(CC(F)F)S(=O)(=O)c1cc2c(cc1Cl)OCCO2. The van der Waals surface area contributed by atoms with Gasteiger partial charge in [0.2, 0.25) is 10.0 Å². The third kappa shape index (κ3) is 3.44. The second kappa shape index (κ2) is 6.55. The molecule has 0 saturated carbocycles. The molecule has 0 saturated heterocycles. The molecule has 1 aromatic carbocycles. The van der Waals surface area contributed by atoms with E-state index in [1.165, 1.54) is 26.0 Å². The molecule has 0 unspecified atom stereocenters. The minimum absolute atomic E-state index is 0.0934. The zero-order valence-electron chi connectivity index (χ0n) is 12.1. The van der Waals surface area contributed by atoms with Crippen molar-refractivity contribution in [3.8, 4) is 11.5 Å². The van der Waals surface area contributed by atoms with Gasteiger partial charge in [-0.3, -0.25) is 0 Å². The Bertz CT molecular complexity index is 652. The fourth-order valence-electron chi connectivity index (χ4n) is 2.09. The third-order valence-corrected chi connectivity index (χ3v) is 5.58. The molecular weight excluding hydrogens is 340 g/mol. The normalized spacial score (nSPS) is 14.9. The van der Waals surface area contributed by atoms with Crippen LogP contribution in [0, 0.1) is 0 Å². The molecule has 0 bridgehead atoms. The van der Waals surface area contributed by atoms with Crippen LogP contribution in [0.3, 0.4) is 0 Å². The summed E-state index contributed by atoms with van der Waals surface area (Å²) >= 11 is 6.00. The summed E-state index contributed by atoms with van der Waals surface area (Å²) in [6.07, 6.45) is -2.78. The summed E-state index contributed by atoms with van der Waals surface area (Å²) in [6, 6.07) is 1.90. The summed E-state index contributed by atoms with van der Waals surface area (Å²) in [5, 5.41) is -0.0934. The predicted octanol–water partition coefficient (Wildman–Crippen LogP) is 2.78. The molecule has 0 amide bonds. The second-order valence-electron chi connectivity index (χ2n) is 4.99. The molecule has 0 fully saturated rings. The number of rotatable bonds is 5. The Morgan fingerprint density at radius 2 is 1.77 bits per heavy atom. The fraction of sp³-hybridized carbons (Fsp3) is 0.538. The Hall–Kier alpha value is -1.12. The predicted molar refractivity (Wildman–Crippen MR) is 77.5 cm³/mol. The average Bonchev–Trinajstić information content (AvgIpc) is 2.43. The largest absolute Gasteiger partial charge is 0.486 e. The molecule has 0 spiro atoms. The van der Waals surface area contributed by atoms with E-state index in [1.54, 1.807) is 0 Å². The van der Waals surface area contributed by atoms with E-state index in [0.717, 1.165) is 4.31 Å². The van der Waals surface area contributed by atoms with Crippen molar-refractivity contribution in [2.45, 2.75) is 31.2 Å². The van der Waals surface area contributed by atoms with Gasteiger partial charge in [0.25, 0.3) is 6.43 Å². The van der Waals surface area contributed by atoms with Gasteiger partial charge in [0.15, 0.2) is 11.5 Å². The maximum absolute atomic E-state index is 12.7. The second-order valence-corrected chi connectivity index (χ2v) is 7.25. The van der Waals surface area contributed by atoms with Gasteiger partial charge < -0.3 is 9.47 Å². The van der Waals surface area contributed by atoms with Gasteiger partial charge in [0.1, 0.15) is 18.1 Å². The number of hydrogen-bond donors (Lipinski definition) is 0. The first-order valence-electron chi connectivity index (χ1n) is 6.62. The van der Waals surface area contributed by atoms with Crippen LogP contribution in [-0.4, -0.2) is 44.9 Å². The summed E-state index contributed by atoms with van der Waals surface area (Å²) in [5.74, 6) is 0.565. The van der Waals surface area contributed by atoms with Crippen molar-refractivity contribution in [2.24, 2.45) is 0 Å². The summed E-state index contributed by atoms with van der Waals surface area (Å²) in [5.41, 5.74) is 0. The van der Waals surface area contributed by atoms with Crippen LogP contribution in [0.5, 0.6) is 11.5 Å². The van der Waals surface area contributed by atoms with Crippen LogP contribution < -0.4 is 9.47 Å². The average molecular weight is 356 g/mol. The molecule has 9 heteroatoms. The molecule has 22 heavy (non-hydrogen) atoms. The first kappa shape index (κ1) is 17.2. The lowest BCUT2D eigenvalue weighted by molar-refractivity contribution is 0.111. The van der Waals surface area contributed by atoms with Crippen molar-refractivity contribution < 1.29 is 26.7 Å². The van der Waals surface area contributed by atoms with Crippen molar-refractivity contribution in [3.63, 3.8) is 0 Å². The third-order valence-electron chi connectivity index (χ3n) is 3.08. The van der Waals surface area contributed by atoms with Gasteiger partial charge in [-0.15, -0.1) is 0 Å². The molecule has 1 aliphatic rings. The molecule has 0 atom stereocenters. The molecule has 0 N–H and O–H groups in total. The van der Waals surface area contributed by atoms with E-state index in [1.807, 2.05) is 0 Å². The molecule has 1 aliphatic heterocycles. The number of ether oxygens (including phenoxy) is 2. The zero-order chi connectivity index (χ0) is 16.5. The fourth-order valence-corrected chi connectivity index (χ4v) is 4.22. The van der Waals surface area contributed by atoms with Crippen LogP contribution in [0.2, 0.25) is 5.02 Å². The number of nitrogens with zero attached hydrogens (tertiary/aromatic N) is 1. The highest BCUT2D eigenvalue weighted by Gasteiger charge is 2.32. The Kier molecular flexibility index (Phi) is 5.14. The lowest BCUT2D eigenvalue weighted by Gasteiger charge is -2.27. The van der Waals surface area contributed by atoms with Crippen molar-refractivity contribution in [1.29, 1.82) is 0 Å². The highest BCUT2D eigenvalue weighted by molar-refractivity contribution is 7.89. The lowest BCUT2D eigenvalue weighted by atomic mass is 10.3. The molecular formula is C13H16ClF2NO4S. The van der Waals surface area contributed by atoms with Crippen LogP contribution in [0.25, 0.3) is 0 Å². The van der Waals surface area contributed by atoms with Crippen LogP contribution in [0.1, 0.15) is 13.8 Å². The topological polar surface area (TPSA) is 55.8 Å². The Morgan fingerprint density at radius 3 is 2.27 bits per heavy atom. The number of alkyl halides is 2. The molecule has 2 rings (SSSR count). The van der Waals surface area contributed by atoms with Crippen LogP contribution in [-0.2, 0) is 10.0 Å². The minimum atomic E-state index is -4.17. The van der Waals surface area contributed by atoms with E-state index in [9.17, 15) is 17.2 Å². The van der Waals surface area contributed by atoms with Gasteiger partial charge in [-0.1, -0.05) is 11.6 Å². The summed E-state index contributed by atoms with van der Waals surface area (Å²) in [7, 11) is -4.17. The molecule has 0 aliphatic carbocycles. The van der Waals surface area contributed by atoms with E-state index in [2.05, 4.69) is 0 Å². The van der Waals surface area contributed by atoms with Gasteiger partial charge in [-0.2, -0.15) is 4.31 Å². The van der Waals surface area contributed by atoms with E-state index in [4.69, 9.17) is 21.1 Å². The van der Waals surface area contributed by atoms with Gasteiger partial charge >= 0.3 is 0 Å². The molecule has 0 radical (unpaired) electrons. The van der Waals surface area contributed by atoms with Crippen molar-refractivity contribution in [1.82, 2.24) is 4.31 Å². The van der Waals surface area contributed by atoms with Crippen molar-refractivity contribution in [2.75, 3.05) is 19.8 Å². The van der Waals surface area contributed by atoms with E-state index < -0.39 is 29.0 Å². The quantitative estimate of drug-likeness (QED) is 0.815. The molecule has 0 aromatic heterocycles. The Morgan fingerprint density at radius 1 is 1.23 bits per heavy atom. The number of hydrogen-bond acceptors (Lipinski definition) is 4. The lowest BCUT2D eigenvalue weighted by Crippen LogP contribution is -2.40. The summed E-state index contributed by atoms with van der Waals surface area (Å²) in [4.78, 5) is -0.271. The van der Waals surface area contributed by atoms with Crippen LogP contribution >= 0.6 is 11.6 Å². The molecule has 5 nitrogen and oxygen atoms in total. The van der Waals surface area contributed by atoms with E-state index in [-0.39, 0.29) is 22.3 Å². The highest BCUT2D eigenvalue weighted by Crippen LogP contribution is 2.38. The van der Waals surface area contributed by atoms with E-state index in [0.29, 0.717) is 12.4 Å². The van der Waals surface area contributed by atoms with Crippen molar-refractivity contribution in [3.05, 3.63) is 17.2 Å². The first-order valence-corrected chi connectivity index (χ1v) is 8.44. The van der Waals surface area contributed by atoms with Crippen LogP contribution in [0.15, 0.2) is 17.0 Å². The van der Waals surface area contributed by atoms with Gasteiger partial charge in [0.05, 0.1) is 11.6 Å². The smallest absolute Gasteiger partial charge is 0.252 e. The van der Waals surface area contributed by atoms with Crippen LogP contribution in [0.4, 0.5) is 8.78 Å². The first-order chi connectivity index (χ1) is 10.2. The minimum Gasteiger partial charge on any atom is -0.486 e. The number of benzene rings is 1. The maximum Gasteiger partial charge on any atom is 0.252 e.